The van der Waals surface area contributed by atoms with E-state index in [0.717, 1.165) is 0 Å². The van der Waals surface area contributed by atoms with E-state index in [-0.39, 0.29) is 30.0 Å². The molecule has 2 bridgehead atoms. The summed E-state index contributed by atoms with van der Waals surface area (Å²) < 4.78 is 14.6. The molecule has 1 saturated carbocycles. The molecule has 12 heteroatoms. The number of fused-ring (bicyclic) bond motifs is 2. The fraction of sp³-hybridized carbons (Fsp3) is 0.593. The molecule has 4 heterocycles. The van der Waals surface area contributed by atoms with Crippen molar-refractivity contribution < 1.29 is 23.9 Å². The fourth-order valence-corrected chi connectivity index (χ4v) is 6.11. The Morgan fingerprint density at radius 1 is 1.21 bits per heavy atom. The number of likely N-dealkylation sites (N-methyl/N-ethyl adjacent to an activating group) is 2. The Hall–Kier alpha value is -3.54. The van der Waals surface area contributed by atoms with Gasteiger partial charge in [-0.3, -0.25) is 23.7 Å². The van der Waals surface area contributed by atoms with Crippen LogP contribution in [0.4, 0.5) is 4.39 Å². The number of halogens is 1. The molecule has 5 aliphatic rings. The van der Waals surface area contributed by atoms with Gasteiger partial charge in [-0.15, -0.1) is 0 Å². The minimum absolute atomic E-state index is 0.135. The fourth-order valence-electron chi connectivity index (χ4n) is 6.11. The van der Waals surface area contributed by atoms with Crippen molar-refractivity contribution in [3.63, 3.8) is 0 Å². The maximum atomic E-state index is 13.5. The van der Waals surface area contributed by atoms with Crippen molar-refractivity contribution in [2.45, 2.75) is 44.2 Å². The van der Waals surface area contributed by atoms with Crippen molar-refractivity contribution in [2.24, 2.45) is 11.8 Å². The molecule has 0 radical (unpaired) electrons. The van der Waals surface area contributed by atoms with Crippen LogP contribution < -0.4 is 10.9 Å². The van der Waals surface area contributed by atoms with Crippen molar-refractivity contribution >= 4 is 17.7 Å². The molecule has 210 valence electrons. The Morgan fingerprint density at radius 3 is 2.54 bits per heavy atom. The van der Waals surface area contributed by atoms with Gasteiger partial charge in [-0.1, -0.05) is 6.08 Å². The second-order valence-corrected chi connectivity index (χ2v) is 11.1. The van der Waals surface area contributed by atoms with Gasteiger partial charge in [0.25, 0.3) is 11.5 Å². The van der Waals surface area contributed by atoms with Gasteiger partial charge in [0.1, 0.15) is 17.2 Å². The van der Waals surface area contributed by atoms with Gasteiger partial charge in [-0.2, -0.15) is 0 Å². The summed E-state index contributed by atoms with van der Waals surface area (Å²) in [5.41, 5.74) is -2.22. The number of carbonyl (C=O) groups is 3. The summed E-state index contributed by atoms with van der Waals surface area (Å²) in [5, 5.41) is 13.4. The van der Waals surface area contributed by atoms with Crippen LogP contribution >= 0.6 is 0 Å². The predicted octanol–water partition coefficient (Wildman–Crippen LogP) is 0.740. The van der Waals surface area contributed by atoms with Crippen LogP contribution in [-0.2, 0) is 21.7 Å². The molecular weight excluding hydrogens is 507 g/mol. The highest BCUT2D eigenvalue weighted by molar-refractivity contribution is 6.35. The number of aromatic nitrogens is 2. The number of hydrogen-bond acceptors (Lipinski definition) is 7. The highest BCUT2D eigenvalue weighted by Crippen LogP contribution is 2.46. The number of rotatable bonds is 4. The lowest BCUT2D eigenvalue weighted by Crippen LogP contribution is -2.57. The smallest absolute Gasteiger partial charge is 0.312 e. The van der Waals surface area contributed by atoms with Gasteiger partial charge in [-0.25, -0.2) is 9.37 Å². The van der Waals surface area contributed by atoms with Crippen LogP contribution in [0.5, 0.6) is 5.75 Å². The monoisotopic (exact) mass is 542 g/mol. The van der Waals surface area contributed by atoms with E-state index in [1.807, 2.05) is 7.05 Å². The molecule has 39 heavy (non-hydrogen) atoms. The van der Waals surface area contributed by atoms with Crippen LogP contribution in [0.2, 0.25) is 0 Å². The highest BCUT2D eigenvalue weighted by Gasteiger charge is 2.50. The zero-order valence-electron chi connectivity index (χ0n) is 22.4. The molecule has 3 aliphatic heterocycles. The van der Waals surface area contributed by atoms with E-state index < -0.39 is 40.3 Å². The maximum absolute atomic E-state index is 13.5. The predicted molar refractivity (Wildman–Crippen MR) is 139 cm³/mol. The average molecular weight is 543 g/mol. The molecule has 11 nitrogen and oxygen atoms in total. The zero-order chi connectivity index (χ0) is 27.9. The van der Waals surface area contributed by atoms with Crippen LogP contribution in [-0.4, -0.2) is 93.9 Å². The van der Waals surface area contributed by atoms with E-state index in [2.05, 4.69) is 15.2 Å². The first kappa shape index (κ1) is 27.0. The molecule has 1 unspecified atom stereocenters. The van der Waals surface area contributed by atoms with Gasteiger partial charge in [0.05, 0.1) is 0 Å². The van der Waals surface area contributed by atoms with E-state index in [4.69, 9.17) is 0 Å². The number of piperazine rings is 1. The maximum Gasteiger partial charge on any atom is 0.312 e. The van der Waals surface area contributed by atoms with Crippen molar-refractivity contribution in [3.05, 3.63) is 45.9 Å². The van der Waals surface area contributed by atoms with E-state index >= 15 is 0 Å². The molecule has 2 aliphatic carbocycles. The lowest BCUT2D eigenvalue weighted by Gasteiger charge is -2.44. The van der Waals surface area contributed by atoms with Crippen LogP contribution in [0.1, 0.15) is 48.4 Å². The van der Waals surface area contributed by atoms with E-state index in [1.165, 1.54) is 21.6 Å². The van der Waals surface area contributed by atoms with Gasteiger partial charge in [0.2, 0.25) is 5.75 Å². The Balaban J connectivity index is 1.45. The molecule has 1 saturated heterocycles. The Morgan fingerprint density at radius 2 is 1.90 bits per heavy atom. The molecule has 2 N–H and O–H groups in total. The normalized spacial score (nSPS) is 26.4. The van der Waals surface area contributed by atoms with Gasteiger partial charge in [-0.05, 0) is 63.1 Å². The molecule has 1 atom stereocenters. The highest BCUT2D eigenvalue weighted by atomic mass is 19.1. The lowest BCUT2D eigenvalue weighted by atomic mass is 9.76. The molecule has 3 amide bonds. The summed E-state index contributed by atoms with van der Waals surface area (Å²) in [6.45, 7) is 2.75. The van der Waals surface area contributed by atoms with Crippen LogP contribution in [0.3, 0.4) is 0 Å². The molecular formula is C27H35FN6O5. The number of allylic oxidation sites excluding steroid dienone is 3. The van der Waals surface area contributed by atoms with Gasteiger partial charge in [0.15, 0.2) is 5.69 Å². The molecule has 6 rings (SSSR count). The first-order valence-corrected chi connectivity index (χ1v) is 13.5. The van der Waals surface area contributed by atoms with Crippen LogP contribution in [0, 0.1) is 11.8 Å². The second-order valence-electron chi connectivity index (χ2n) is 11.1. The van der Waals surface area contributed by atoms with Crippen molar-refractivity contribution in [3.8, 4) is 5.75 Å². The molecule has 2 fully saturated rings. The number of carbonyl (C=O) groups excluding carboxylic acids is 3. The number of amides is 3. The third-order valence-electron chi connectivity index (χ3n) is 8.74. The minimum Gasteiger partial charge on any atom is -0.501 e. The third-order valence-corrected chi connectivity index (χ3v) is 8.74. The average Bonchev–Trinajstić information content (AvgIpc) is 3.21. The van der Waals surface area contributed by atoms with E-state index in [1.54, 1.807) is 18.0 Å². The summed E-state index contributed by atoms with van der Waals surface area (Å²) in [6.07, 6.45) is 7.22. The lowest BCUT2D eigenvalue weighted by molar-refractivity contribution is -0.157. The summed E-state index contributed by atoms with van der Waals surface area (Å²) in [4.78, 5) is 62.8. The number of nitrogens with zero attached hydrogens (tertiary/aromatic N) is 5. The topological polar surface area (TPSA) is 128 Å². The van der Waals surface area contributed by atoms with Gasteiger partial charge < -0.3 is 25.1 Å². The van der Waals surface area contributed by atoms with Crippen LogP contribution in [0.25, 0.3) is 0 Å². The number of hydrogen-bond donors (Lipinski definition) is 2. The minimum atomic E-state index is -1.07. The standard InChI is InChI=1S/C27H35FN6O5/c1-31-11-13-33(14-12-31)25(39)24(38)32(2)27-9-7-18(8-10-27)16-34-23(37)21(35)20(30-26(27)34)22(36)29-15-17-3-5-19(28)6-4-17/h3,5-6,17-18,35H,4,7-16H2,1-2H3,(H,29,36). The second kappa shape index (κ2) is 10.6. The first-order chi connectivity index (χ1) is 18.6. The summed E-state index contributed by atoms with van der Waals surface area (Å²) >= 11 is 0. The quantitative estimate of drug-likeness (QED) is 0.537. The SMILES string of the molecule is CN1CCN(C(=O)C(=O)N(C)C23CCC(CC2)Cn2c3nc(C(=O)NCC3C=CC(F)=CC3)c(O)c2=O)CC1. The largest absolute Gasteiger partial charge is 0.501 e. The third kappa shape index (κ3) is 4.97. The van der Waals surface area contributed by atoms with E-state index in [0.29, 0.717) is 64.8 Å². The summed E-state index contributed by atoms with van der Waals surface area (Å²) in [5.74, 6) is -2.84. The van der Waals surface area contributed by atoms with Crippen molar-refractivity contribution in [1.82, 2.24) is 29.6 Å². The molecule has 0 aromatic carbocycles. The van der Waals surface area contributed by atoms with Crippen molar-refractivity contribution in [2.75, 3.05) is 46.8 Å². The van der Waals surface area contributed by atoms with Gasteiger partial charge >= 0.3 is 11.8 Å². The molecule has 0 spiro atoms. The van der Waals surface area contributed by atoms with Crippen LogP contribution in [0.15, 0.2) is 28.8 Å². The van der Waals surface area contributed by atoms with E-state index in [9.17, 15) is 28.7 Å². The Kier molecular flexibility index (Phi) is 7.32. The summed E-state index contributed by atoms with van der Waals surface area (Å²) in [6, 6.07) is 0. The number of nitrogens with one attached hydrogen (secondary N) is 1. The Bertz CT molecular complexity index is 1290. The van der Waals surface area contributed by atoms with Gasteiger partial charge in [0, 0.05) is 46.3 Å². The zero-order valence-corrected chi connectivity index (χ0v) is 22.4. The molecule has 1 aromatic rings. The Labute approximate surface area is 226 Å². The first-order valence-electron chi connectivity index (χ1n) is 13.5. The number of aromatic hydroxyl groups is 1. The molecule has 1 aromatic heterocycles. The van der Waals surface area contributed by atoms with Crippen molar-refractivity contribution in [1.29, 1.82) is 0 Å². The summed E-state index contributed by atoms with van der Waals surface area (Å²) in [7, 11) is 3.53.